The van der Waals surface area contributed by atoms with E-state index in [1.807, 2.05) is 6.07 Å². The van der Waals surface area contributed by atoms with Gasteiger partial charge in [-0.1, -0.05) is 24.3 Å². The number of methoxy groups -OCH3 is 1. The number of benzene rings is 2. The fraction of sp³-hybridized carbons (Fsp3) is 0.0667. The Bertz CT molecular complexity index is 590. The number of ether oxygens (including phenoxy) is 2. The Balaban J connectivity index is 2.16. The van der Waals surface area contributed by atoms with E-state index in [-0.39, 0.29) is 0 Å². The first-order valence-corrected chi connectivity index (χ1v) is 5.66. The van der Waals surface area contributed by atoms with E-state index in [0.29, 0.717) is 16.9 Å². The van der Waals surface area contributed by atoms with Gasteiger partial charge in [0.05, 0.1) is 18.2 Å². The van der Waals surface area contributed by atoms with E-state index in [0.717, 1.165) is 0 Å². The van der Waals surface area contributed by atoms with Crippen molar-refractivity contribution in [2.45, 2.75) is 0 Å². The average Bonchev–Trinajstić information content (AvgIpc) is 2.47. The molecule has 0 unspecified atom stereocenters. The molecule has 0 aliphatic heterocycles. The summed E-state index contributed by atoms with van der Waals surface area (Å²) in [6.45, 7) is 0. The molecule has 0 aromatic heterocycles. The van der Waals surface area contributed by atoms with Gasteiger partial charge in [-0.15, -0.1) is 0 Å². The monoisotopic (exact) mass is 256 g/mol. The highest BCUT2D eigenvalue weighted by molar-refractivity contribution is 5.92. The molecule has 4 heteroatoms. The Hall–Kier alpha value is -2.62. The first-order valence-electron chi connectivity index (χ1n) is 5.66. The van der Waals surface area contributed by atoms with Crippen LogP contribution in [0.3, 0.4) is 0 Å². The lowest BCUT2D eigenvalue weighted by Gasteiger charge is -2.05. The van der Waals surface area contributed by atoms with Crippen LogP contribution in [0.15, 0.2) is 54.6 Å². The van der Waals surface area contributed by atoms with Crippen LogP contribution in [0.1, 0.15) is 20.7 Å². The highest BCUT2D eigenvalue weighted by Gasteiger charge is 2.10. The lowest BCUT2D eigenvalue weighted by Crippen LogP contribution is -2.09. The van der Waals surface area contributed by atoms with Crippen molar-refractivity contribution >= 4 is 11.9 Å². The number of hydrogen-bond acceptors (Lipinski definition) is 4. The molecule has 0 aliphatic rings. The maximum Gasteiger partial charge on any atom is 0.343 e. The summed E-state index contributed by atoms with van der Waals surface area (Å²) in [4.78, 5) is 23.2. The SMILES string of the molecule is COC(=O)c1cccc(OC(=O)c2ccccc2)c1. The molecule has 19 heavy (non-hydrogen) atoms. The lowest BCUT2D eigenvalue weighted by atomic mass is 10.2. The summed E-state index contributed by atoms with van der Waals surface area (Å²) < 4.78 is 9.79. The van der Waals surface area contributed by atoms with Crippen molar-refractivity contribution in [2.75, 3.05) is 7.11 Å². The molecule has 0 heterocycles. The summed E-state index contributed by atoms with van der Waals surface area (Å²) in [6.07, 6.45) is 0. The molecule has 0 bridgehead atoms. The first-order chi connectivity index (χ1) is 9.20. The van der Waals surface area contributed by atoms with E-state index in [1.165, 1.54) is 13.2 Å². The third-order valence-corrected chi connectivity index (χ3v) is 2.48. The van der Waals surface area contributed by atoms with E-state index >= 15 is 0 Å². The van der Waals surface area contributed by atoms with Crippen LogP contribution in [0.2, 0.25) is 0 Å². The van der Waals surface area contributed by atoms with Crippen LogP contribution in [0, 0.1) is 0 Å². The fourth-order valence-corrected chi connectivity index (χ4v) is 1.54. The summed E-state index contributed by atoms with van der Waals surface area (Å²) in [5, 5.41) is 0. The predicted octanol–water partition coefficient (Wildman–Crippen LogP) is 2.69. The van der Waals surface area contributed by atoms with Gasteiger partial charge in [0.15, 0.2) is 0 Å². The van der Waals surface area contributed by atoms with Crippen LogP contribution >= 0.6 is 0 Å². The molecule has 2 rings (SSSR count). The molecule has 0 fully saturated rings. The highest BCUT2D eigenvalue weighted by Crippen LogP contribution is 2.15. The molecule has 0 saturated heterocycles. The maximum atomic E-state index is 11.8. The molecule has 0 radical (unpaired) electrons. The van der Waals surface area contributed by atoms with Crippen molar-refractivity contribution < 1.29 is 19.1 Å². The van der Waals surface area contributed by atoms with E-state index < -0.39 is 11.9 Å². The van der Waals surface area contributed by atoms with Gasteiger partial charge in [-0.2, -0.15) is 0 Å². The Morgan fingerprint density at radius 2 is 1.53 bits per heavy atom. The van der Waals surface area contributed by atoms with E-state index in [1.54, 1.807) is 42.5 Å². The molecule has 0 amide bonds. The van der Waals surface area contributed by atoms with Gasteiger partial charge in [0.25, 0.3) is 0 Å². The van der Waals surface area contributed by atoms with Crippen LogP contribution in [0.4, 0.5) is 0 Å². The van der Waals surface area contributed by atoms with E-state index in [2.05, 4.69) is 4.74 Å². The summed E-state index contributed by atoms with van der Waals surface area (Å²) in [5.41, 5.74) is 0.784. The van der Waals surface area contributed by atoms with Gasteiger partial charge >= 0.3 is 11.9 Å². The quantitative estimate of drug-likeness (QED) is 0.626. The van der Waals surface area contributed by atoms with Crippen molar-refractivity contribution in [3.63, 3.8) is 0 Å². The minimum absolute atomic E-state index is 0.303. The van der Waals surface area contributed by atoms with E-state index in [9.17, 15) is 9.59 Å². The van der Waals surface area contributed by atoms with Crippen molar-refractivity contribution in [1.82, 2.24) is 0 Å². The second-order valence-corrected chi connectivity index (χ2v) is 3.77. The number of hydrogen-bond donors (Lipinski definition) is 0. The van der Waals surface area contributed by atoms with Crippen LogP contribution in [0.5, 0.6) is 5.75 Å². The summed E-state index contributed by atoms with van der Waals surface area (Å²) >= 11 is 0. The molecule has 2 aromatic rings. The lowest BCUT2D eigenvalue weighted by molar-refractivity contribution is 0.0597. The fourth-order valence-electron chi connectivity index (χ4n) is 1.54. The van der Waals surface area contributed by atoms with Crippen molar-refractivity contribution in [1.29, 1.82) is 0 Å². The zero-order chi connectivity index (χ0) is 13.7. The highest BCUT2D eigenvalue weighted by atomic mass is 16.5. The summed E-state index contributed by atoms with van der Waals surface area (Å²) in [7, 11) is 1.30. The Morgan fingerprint density at radius 3 is 2.21 bits per heavy atom. The maximum absolute atomic E-state index is 11.8. The van der Waals surface area contributed by atoms with E-state index in [4.69, 9.17) is 4.74 Å². The molecule has 4 nitrogen and oxygen atoms in total. The van der Waals surface area contributed by atoms with Gasteiger partial charge in [-0.25, -0.2) is 9.59 Å². The van der Waals surface area contributed by atoms with Crippen molar-refractivity contribution in [3.05, 3.63) is 65.7 Å². The molecule has 0 N–H and O–H groups in total. The molecular weight excluding hydrogens is 244 g/mol. The number of rotatable bonds is 3. The van der Waals surface area contributed by atoms with Crippen LogP contribution in [0.25, 0.3) is 0 Å². The Morgan fingerprint density at radius 1 is 0.842 bits per heavy atom. The number of esters is 2. The third-order valence-electron chi connectivity index (χ3n) is 2.48. The van der Waals surface area contributed by atoms with Crippen molar-refractivity contribution in [3.8, 4) is 5.75 Å². The minimum atomic E-state index is -0.474. The topological polar surface area (TPSA) is 52.6 Å². The summed E-state index contributed by atoms with van der Waals surface area (Å²) in [5.74, 6) is -0.642. The normalized spacial score (nSPS) is 9.74. The van der Waals surface area contributed by atoms with Crippen molar-refractivity contribution in [2.24, 2.45) is 0 Å². The van der Waals surface area contributed by atoms with Crippen LogP contribution < -0.4 is 4.74 Å². The van der Waals surface area contributed by atoms with Gasteiger partial charge in [0.1, 0.15) is 5.75 Å². The largest absolute Gasteiger partial charge is 0.465 e. The number of carbonyl (C=O) groups excluding carboxylic acids is 2. The molecule has 0 aliphatic carbocycles. The molecule has 0 saturated carbocycles. The zero-order valence-corrected chi connectivity index (χ0v) is 10.3. The molecular formula is C15H12O4. The molecule has 0 spiro atoms. The second-order valence-electron chi connectivity index (χ2n) is 3.77. The van der Waals surface area contributed by atoms with Gasteiger partial charge < -0.3 is 9.47 Å². The Labute approximate surface area is 110 Å². The Kier molecular flexibility index (Phi) is 3.93. The molecule has 96 valence electrons. The smallest absolute Gasteiger partial charge is 0.343 e. The molecule has 2 aromatic carbocycles. The van der Waals surface area contributed by atoms with Gasteiger partial charge in [-0.05, 0) is 30.3 Å². The van der Waals surface area contributed by atoms with Crippen LogP contribution in [-0.2, 0) is 4.74 Å². The third kappa shape index (κ3) is 3.19. The average molecular weight is 256 g/mol. The summed E-state index contributed by atoms with van der Waals surface area (Å²) in [6, 6.07) is 14.9. The van der Waals surface area contributed by atoms with Gasteiger partial charge in [0, 0.05) is 0 Å². The number of carbonyl (C=O) groups is 2. The first kappa shape index (κ1) is 12.8. The molecule has 0 atom stereocenters. The van der Waals surface area contributed by atoms with Crippen LogP contribution in [-0.4, -0.2) is 19.0 Å². The zero-order valence-electron chi connectivity index (χ0n) is 10.3. The predicted molar refractivity (Wildman–Crippen MR) is 69.2 cm³/mol. The van der Waals surface area contributed by atoms with Gasteiger partial charge in [0.2, 0.25) is 0 Å². The second kappa shape index (κ2) is 5.82. The minimum Gasteiger partial charge on any atom is -0.465 e. The standard InChI is InChI=1S/C15H12O4/c1-18-14(16)12-8-5-9-13(10-12)19-15(17)11-6-3-2-4-7-11/h2-10H,1H3. The van der Waals surface area contributed by atoms with Gasteiger partial charge in [-0.3, -0.25) is 0 Å².